The topological polar surface area (TPSA) is 37.3 Å². The SMILES string of the molecule is [2H]C(CCCC)C([2H])([2H])C(=O)O. The second kappa shape index (κ2) is 5.60. The number of hydrogen-bond acceptors (Lipinski definition) is 1. The molecule has 9 heavy (non-hydrogen) atoms. The summed E-state index contributed by atoms with van der Waals surface area (Å²) in [6, 6.07) is 0. The van der Waals surface area contributed by atoms with E-state index >= 15 is 0 Å². The Hall–Kier alpha value is -0.530. The van der Waals surface area contributed by atoms with E-state index in [1.165, 1.54) is 0 Å². The molecule has 0 aliphatic heterocycles. The molecule has 0 radical (unpaired) electrons. The molecule has 0 fully saturated rings. The number of unbranched alkanes of at least 4 members (excludes halogenated alkanes) is 1. The lowest BCUT2D eigenvalue weighted by molar-refractivity contribution is -0.137. The van der Waals surface area contributed by atoms with Gasteiger partial charge in [-0.2, -0.15) is 0 Å². The number of carboxylic acids is 1. The first-order chi connectivity index (χ1) is 5.42. The Morgan fingerprint density at radius 2 is 2.33 bits per heavy atom. The number of aliphatic carboxylic acids is 1. The van der Waals surface area contributed by atoms with Crippen LogP contribution in [0.2, 0.25) is 0 Å². The van der Waals surface area contributed by atoms with Crippen molar-refractivity contribution in [2.45, 2.75) is 39.0 Å². The van der Waals surface area contributed by atoms with Gasteiger partial charge in [0.25, 0.3) is 0 Å². The molecule has 0 heterocycles. The molecule has 1 atom stereocenters. The van der Waals surface area contributed by atoms with Gasteiger partial charge in [-0.3, -0.25) is 4.79 Å². The van der Waals surface area contributed by atoms with E-state index in [1.54, 1.807) is 0 Å². The smallest absolute Gasteiger partial charge is 0.303 e. The quantitative estimate of drug-likeness (QED) is 0.623. The second-order valence-electron chi connectivity index (χ2n) is 1.80. The number of hydrogen-bond donors (Lipinski definition) is 1. The van der Waals surface area contributed by atoms with Crippen LogP contribution < -0.4 is 0 Å². The summed E-state index contributed by atoms with van der Waals surface area (Å²) in [7, 11) is 0. The molecule has 0 aliphatic carbocycles. The van der Waals surface area contributed by atoms with Gasteiger partial charge < -0.3 is 5.11 Å². The van der Waals surface area contributed by atoms with E-state index in [4.69, 9.17) is 9.22 Å². The maximum atomic E-state index is 10.3. The lowest BCUT2D eigenvalue weighted by atomic mass is 10.2. The lowest BCUT2D eigenvalue weighted by Gasteiger charge is -1.92. The first-order valence-electron chi connectivity index (χ1n) is 4.66. The zero-order chi connectivity index (χ0) is 9.78. The van der Waals surface area contributed by atoms with E-state index in [9.17, 15) is 4.79 Å². The van der Waals surface area contributed by atoms with Gasteiger partial charge in [-0.1, -0.05) is 26.2 Å². The summed E-state index contributed by atoms with van der Waals surface area (Å²) in [5, 5.41) is 8.42. The monoisotopic (exact) mass is 133 g/mol. The predicted octanol–water partition coefficient (Wildman–Crippen LogP) is 2.04. The van der Waals surface area contributed by atoms with Crippen LogP contribution in [0.3, 0.4) is 0 Å². The minimum Gasteiger partial charge on any atom is -0.481 e. The number of carboxylic acid groups (broad SMARTS) is 1. The highest BCUT2D eigenvalue weighted by molar-refractivity contribution is 5.66. The van der Waals surface area contributed by atoms with Crippen molar-refractivity contribution < 1.29 is 14.0 Å². The van der Waals surface area contributed by atoms with Crippen molar-refractivity contribution in [1.82, 2.24) is 0 Å². The van der Waals surface area contributed by atoms with Gasteiger partial charge in [-0.15, -0.1) is 0 Å². The van der Waals surface area contributed by atoms with E-state index < -0.39 is 18.7 Å². The standard InChI is InChI=1S/C7H14O2/c1-2-3-4-5-6-7(8)9/h2-6H2,1H3,(H,8,9)/i5D,6D2. The van der Waals surface area contributed by atoms with Crippen molar-refractivity contribution in [2.75, 3.05) is 0 Å². The van der Waals surface area contributed by atoms with Crippen LogP contribution in [-0.4, -0.2) is 11.1 Å². The zero-order valence-electron chi connectivity index (χ0n) is 8.55. The van der Waals surface area contributed by atoms with Crippen LogP contribution in [-0.2, 0) is 4.79 Å². The minimum atomic E-state index is -2.41. The molecule has 0 saturated carbocycles. The van der Waals surface area contributed by atoms with Gasteiger partial charge in [0.05, 0.1) is 0 Å². The van der Waals surface area contributed by atoms with Crippen molar-refractivity contribution in [1.29, 1.82) is 0 Å². The lowest BCUT2D eigenvalue weighted by Crippen LogP contribution is -1.92. The van der Waals surface area contributed by atoms with Crippen molar-refractivity contribution in [3.05, 3.63) is 0 Å². The summed E-state index contributed by atoms with van der Waals surface area (Å²) in [5.41, 5.74) is 0. The van der Waals surface area contributed by atoms with E-state index in [0.29, 0.717) is 12.8 Å². The van der Waals surface area contributed by atoms with Crippen LogP contribution >= 0.6 is 0 Å². The minimum absolute atomic E-state index is 0.301. The Bertz CT molecular complexity index is 159. The number of carbonyl (C=O) groups is 1. The van der Waals surface area contributed by atoms with Gasteiger partial charge >= 0.3 is 5.97 Å². The molecule has 1 unspecified atom stereocenters. The molecule has 0 aromatic rings. The van der Waals surface area contributed by atoms with E-state index in [2.05, 4.69) is 0 Å². The summed E-state index contributed by atoms with van der Waals surface area (Å²) in [5.74, 6) is -1.54. The van der Waals surface area contributed by atoms with Crippen LogP contribution in [0.25, 0.3) is 0 Å². The van der Waals surface area contributed by atoms with Gasteiger partial charge in [0, 0.05) is 10.5 Å². The zero-order valence-corrected chi connectivity index (χ0v) is 5.55. The largest absolute Gasteiger partial charge is 0.481 e. The van der Waals surface area contributed by atoms with Gasteiger partial charge in [0.1, 0.15) is 0 Å². The van der Waals surface area contributed by atoms with Crippen molar-refractivity contribution >= 4 is 5.97 Å². The molecule has 54 valence electrons. The second-order valence-corrected chi connectivity index (χ2v) is 1.80. The fourth-order valence-corrected chi connectivity index (χ4v) is 0.466. The molecule has 0 aromatic carbocycles. The Balaban J connectivity index is 4.06. The summed E-state index contributed by atoms with van der Waals surface area (Å²) in [6.07, 6.45) is -1.72. The van der Waals surface area contributed by atoms with Gasteiger partial charge in [-0.05, 0) is 6.40 Å². The molecule has 0 saturated heterocycles. The first-order valence-corrected chi connectivity index (χ1v) is 3.08. The molecule has 0 rings (SSSR count). The Labute approximate surface area is 60.1 Å². The van der Waals surface area contributed by atoms with Crippen LogP contribution in [0.4, 0.5) is 0 Å². The summed E-state index contributed by atoms with van der Waals surface area (Å²) in [6.45, 7) is 1.92. The molecule has 0 amide bonds. The number of rotatable bonds is 5. The molecule has 0 bridgehead atoms. The van der Waals surface area contributed by atoms with Crippen molar-refractivity contribution in [2.24, 2.45) is 0 Å². The van der Waals surface area contributed by atoms with E-state index in [1.807, 2.05) is 6.92 Å². The molecule has 2 heteroatoms. The van der Waals surface area contributed by atoms with Crippen molar-refractivity contribution in [3.8, 4) is 0 Å². The highest BCUT2D eigenvalue weighted by atomic mass is 16.4. The Morgan fingerprint density at radius 1 is 1.67 bits per heavy atom. The molecular weight excluding hydrogens is 116 g/mol. The highest BCUT2D eigenvalue weighted by Gasteiger charge is 1.93. The third kappa shape index (κ3) is 7.47. The molecule has 1 N–H and O–H groups in total. The molecule has 0 aliphatic rings. The van der Waals surface area contributed by atoms with Gasteiger partial charge in [0.15, 0.2) is 0 Å². The third-order valence-electron chi connectivity index (χ3n) is 0.928. The van der Waals surface area contributed by atoms with Crippen LogP contribution in [0, 0.1) is 0 Å². The normalized spacial score (nSPS) is 19.4. The third-order valence-corrected chi connectivity index (χ3v) is 0.928. The first kappa shape index (κ1) is 4.31. The maximum Gasteiger partial charge on any atom is 0.303 e. The van der Waals surface area contributed by atoms with E-state index in [0.717, 1.165) is 6.42 Å². The molecular formula is C7H14O2. The van der Waals surface area contributed by atoms with Crippen molar-refractivity contribution in [3.63, 3.8) is 0 Å². The Kier molecular flexibility index (Phi) is 2.68. The maximum absolute atomic E-state index is 10.3. The fourth-order valence-electron chi connectivity index (χ4n) is 0.466. The van der Waals surface area contributed by atoms with Crippen LogP contribution in [0.1, 0.15) is 43.1 Å². The van der Waals surface area contributed by atoms with E-state index in [-0.39, 0.29) is 0 Å². The van der Waals surface area contributed by atoms with Gasteiger partial charge in [-0.25, -0.2) is 0 Å². The summed E-state index contributed by atoms with van der Waals surface area (Å²) < 4.78 is 21.3. The highest BCUT2D eigenvalue weighted by Crippen LogP contribution is 2.01. The Morgan fingerprint density at radius 3 is 2.78 bits per heavy atom. The summed E-state index contributed by atoms with van der Waals surface area (Å²) >= 11 is 0. The average Bonchev–Trinajstić information content (AvgIpc) is 1.99. The fraction of sp³-hybridized carbons (Fsp3) is 0.857. The van der Waals surface area contributed by atoms with Gasteiger partial charge in [0.2, 0.25) is 0 Å². The summed E-state index contributed by atoms with van der Waals surface area (Å²) in [4.78, 5) is 10.3. The predicted molar refractivity (Wildman–Crippen MR) is 36.4 cm³/mol. The average molecular weight is 133 g/mol. The van der Waals surface area contributed by atoms with Crippen LogP contribution in [0.5, 0.6) is 0 Å². The molecule has 0 aromatic heterocycles. The molecule has 0 spiro atoms. The molecule has 2 nitrogen and oxygen atoms in total. The van der Waals surface area contributed by atoms with Crippen LogP contribution in [0.15, 0.2) is 0 Å².